The van der Waals surface area contributed by atoms with Crippen LogP contribution in [-0.4, -0.2) is 126 Å². The van der Waals surface area contributed by atoms with Crippen LogP contribution in [0, 0.1) is 17.0 Å². The third-order valence-electron chi connectivity index (χ3n) is 14.2. The molecule has 15 N–H and O–H groups in total. The lowest BCUT2D eigenvalue weighted by Crippen LogP contribution is -2.03. The Balaban J connectivity index is 1.11. The zero-order valence-corrected chi connectivity index (χ0v) is 59.9. The van der Waals surface area contributed by atoms with Gasteiger partial charge in [-0.15, -0.1) is 53.9 Å². The van der Waals surface area contributed by atoms with Crippen molar-refractivity contribution in [2.24, 2.45) is 57.0 Å². The molecule has 0 aliphatic heterocycles. The van der Waals surface area contributed by atoms with Crippen LogP contribution in [0.4, 0.5) is 68.2 Å². The molecule has 0 amide bonds. The van der Waals surface area contributed by atoms with Gasteiger partial charge in [-0.25, -0.2) is 15.8 Å². The van der Waals surface area contributed by atoms with Crippen LogP contribution in [0.1, 0.15) is 18.4 Å². The molecular formula is C55H47N13O32S8. The number of rotatable bonds is 34. The predicted octanol–water partition coefficient (Wildman–Crippen LogP) is 13.7. The lowest BCUT2D eigenvalue weighted by Gasteiger charge is -2.15. The third kappa shape index (κ3) is 19.6. The van der Waals surface area contributed by atoms with E-state index in [2.05, 4.69) is 84.1 Å². The number of phenols is 3. The summed E-state index contributed by atoms with van der Waals surface area (Å²) >= 11 is 1.40. The predicted molar refractivity (Wildman–Crippen MR) is 372 cm³/mol. The minimum absolute atomic E-state index is 0.0158. The molecule has 53 heteroatoms. The Morgan fingerprint density at radius 3 is 1.65 bits per heavy atom. The van der Waals surface area contributed by atoms with E-state index in [1.165, 1.54) is 37.3 Å². The molecule has 0 aromatic heterocycles. The first kappa shape index (κ1) is 82.0. The molecule has 0 unspecified atom stereocenters. The molecule has 9 rings (SSSR count). The molecule has 0 fully saturated rings. The second-order valence-electron chi connectivity index (χ2n) is 21.1. The zero-order valence-electron chi connectivity index (χ0n) is 53.4. The molecule has 0 saturated heterocycles. The van der Waals surface area contributed by atoms with E-state index in [0.29, 0.717) is 42.3 Å². The van der Waals surface area contributed by atoms with Crippen molar-refractivity contribution in [3.05, 3.63) is 119 Å². The monoisotopic (exact) mass is 1660 g/mol. The number of aromatic hydroxyl groups is 3. The van der Waals surface area contributed by atoms with Gasteiger partial charge in [0.2, 0.25) is 0 Å². The average molecular weight is 1660 g/mol. The maximum atomic E-state index is 13.4. The fourth-order valence-electron chi connectivity index (χ4n) is 9.62. The fraction of sp³-hybridized carbons (Fsp3) is 0.127. The molecule has 0 saturated carbocycles. The summed E-state index contributed by atoms with van der Waals surface area (Å²) in [5.74, 6) is 1.81. The summed E-state index contributed by atoms with van der Waals surface area (Å²) < 4.78 is 205. The van der Waals surface area contributed by atoms with Gasteiger partial charge in [-0.3, -0.25) is 32.9 Å². The van der Waals surface area contributed by atoms with E-state index in [9.17, 15) is 90.3 Å². The molecule has 0 bridgehead atoms. The normalized spacial score (nSPS) is 12.8. The molecular weight excluding hydrogens is 1610 g/mol. The van der Waals surface area contributed by atoms with Crippen LogP contribution < -0.4 is 25.9 Å². The first-order valence-electron chi connectivity index (χ1n) is 28.7. The van der Waals surface area contributed by atoms with Crippen LogP contribution in [0.3, 0.4) is 0 Å². The van der Waals surface area contributed by atoms with Gasteiger partial charge in [0.1, 0.15) is 66.1 Å². The van der Waals surface area contributed by atoms with E-state index in [0.717, 1.165) is 54.6 Å². The van der Waals surface area contributed by atoms with Crippen molar-refractivity contribution < 1.29 is 143 Å². The number of ether oxygens (including phenoxy) is 2. The van der Waals surface area contributed by atoms with Crippen molar-refractivity contribution in [3.63, 3.8) is 0 Å². The minimum Gasteiger partial charge on any atom is -0.507 e. The minimum atomic E-state index is -5.71. The van der Waals surface area contributed by atoms with Crippen LogP contribution in [0.15, 0.2) is 184 Å². The number of nitrogens with zero attached hydrogens (tertiary/aromatic N) is 11. The van der Waals surface area contributed by atoms with Gasteiger partial charge in [-0.2, -0.15) is 58.2 Å². The van der Waals surface area contributed by atoms with Gasteiger partial charge in [-0.05, 0) is 110 Å². The van der Waals surface area contributed by atoms with E-state index in [-0.39, 0.29) is 106 Å². The Labute approximate surface area is 616 Å². The Bertz CT molecular complexity index is 5820. The van der Waals surface area contributed by atoms with E-state index in [1.807, 2.05) is 0 Å². The van der Waals surface area contributed by atoms with Crippen molar-refractivity contribution in [2.75, 3.05) is 30.5 Å². The average Bonchev–Trinajstić information content (AvgIpc) is 0.746. The highest BCUT2D eigenvalue weighted by Gasteiger charge is 2.31. The summed E-state index contributed by atoms with van der Waals surface area (Å²) in [5, 5.41) is 120. The number of fused-ring (bicyclic) bond motifs is 3. The molecule has 0 atom stereocenters. The maximum absolute atomic E-state index is 13.4. The molecule has 0 aliphatic rings. The highest BCUT2D eigenvalue weighted by atomic mass is 32.2. The standard InChI is InChI=1S/C55H47N13O32S8/c1-25-14-38(44(93-11-3-13-102-99-96-75)23-37(25)62-60-35-7-4-27(17-43(35)92-10-2-12-101-98-95-74)58-64-39-19-29(104(77,78)79)15-26-16-30(105(80,81)82)20-42(69)48(26)39)63-67-52-47(107(86,87)88)22-32-31(53(52)70)6-9-36(55(32)108(89,90)91)61-65-40-24-46(106(83,84)85)33-21-45(103-100-97-76)51(54(71)49(33)50(40)56)66-59-34-8-5-28(94-57)18-41(34)68(72)73/h4-9,14-24,69-71,74-76H,2-3,10-13,56-57H2,1H3,(H,77,78,79)(H,80,81,82)(H,83,84,85)(H,86,87,88)(H,89,90,91). The maximum Gasteiger partial charge on any atom is 0.300 e. The van der Waals surface area contributed by atoms with Gasteiger partial charge in [0.05, 0.1) is 84.5 Å². The lowest BCUT2D eigenvalue weighted by molar-refractivity contribution is -0.432. The first-order valence-corrected chi connectivity index (χ1v) is 38.5. The van der Waals surface area contributed by atoms with Crippen LogP contribution in [0.5, 0.6) is 34.5 Å². The number of nitrogens with two attached hydrogens (primary N) is 2. The number of hydrogen-bond donors (Lipinski definition) is 13. The number of hydrogen-bond acceptors (Lipinski definition) is 42. The SMILES string of the molecule is Cc1cc(N=Nc2c(S(=O)(=O)O)cc3c(S(=O)(=O)O)c(N=Nc4cc(S(=O)(=O)O)c5cc(SOOO)c(N=Nc6ccc(ON)cc6[N+](=O)[O-])c(O)c5c4N)ccc3c2O)c(OCCCSOOO)cc1N=Nc1ccc(N=Nc2cc(S(=O)(=O)O)cc3cc(S(=O)(=O)O)cc(O)c23)cc1OCCCSOOO. The van der Waals surface area contributed by atoms with Crippen molar-refractivity contribution in [3.8, 4) is 34.5 Å². The number of nitro benzene ring substituents is 1. The van der Waals surface area contributed by atoms with Crippen molar-refractivity contribution in [1.29, 1.82) is 0 Å². The second-order valence-corrected chi connectivity index (χ2v) is 30.4. The third-order valence-corrected chi connectivity index (χ3v) is 20.4. The smallest absolute Gasteiger partial charge is 0.300 e. The Hall–Kier alpha value is -10.0. The highest BCUT2D eigenvalue weighted by Crippen LogP contribution is 2.52. The summed E-state index contributed by atoms with van der Waals surface area (Å²) in [6, 6.07) is 16.0. The summed E-state index contributed by atoms with van der Waals surface area (Å²) in [4.78, 5) is 9.52. The molecule has 0 radical (unpaired) electrons. The molecule has 572 valence electrons. The van der Waals surface area contributed by atoms with Crippen LogP contribution >= 0.6 is 36.1 Å². The van der Waals surface area contributed by atoms with Crippen LogP contribution in [0.25, 0.3) is 32.3 Å². The van der Waals surface area contributed by atoms with Crippen LogP contribution in [-0.2, 0) is 78.7 Å². The van der Waals surface area contributed by atoms with Gasteiger partial charge < -0.3 is 35.4 Å². The van der Waals surface area contributed by atoms with Gasteiger partial charge in [0.15, 0.2) is 22.9 Å². The summed E-state index contributed by atoms with van der Waals surface area (Å²) in [6.07, 6.45) is 0.373. The number of benzene rings is 9. The number of nitrogen functional groups attached to an aromatic ring is 1. The molecule has 108 heavy (non-hydrogen) atoms. The molecule has 0 heterocycles. The first-order chi connectivity index (χ1) is 51.0. The second kappa shape index (κ2) is 34.5. The van der Waals surface area contributed by atoms with E-state index >= 15 is 0 Å². The largest absolute Gasteiger partial charge is 0.507 e. The zero-order chi connectivity index (χ0) is 78.8. The number of phenolic OH excluding ortho intramolecular Hbond substituents is 3. The van der Waals surface area contributed by atoms with E-state index < -0.39 is 169 Å². The van der Waals surface area contributed by atoms with Crippen molar-refractivity contribution >= 4 is 187 Å². The number of nitro groups is 1. The Kier molecular flexibility index (Phi) is 26.2. The number of azo groups is 5. The molecule has 0 spiro atoms. The molecule has 45 nitrogen and oxygen atoms in total. The molecule has 9 aromatic rings. The van der Waals surface area contributed by atoms with Crippen molar-refractivity contribution in [1.82, 2.24) is 0 Å². The summed E-state index contributed by atoms with van der Waals surface area (Å²) in [5.41, 5.74) is 0.334. The van der Waals surface area contributed by atoms with Crippen LogP contribution in [0.2, 0.25) is 0 Å². The number of anilines is 1. The Morgan fingerprint density at radius 1 is 0.491 bits per heavy atom. The highest BCUT2D eigenvalue weighted by molar-refractivity contribution is 7.95. The van der Waals surface area contributed by atoms with E-state index in [4.69, 9.17) is 36.9 Å². The van der Waals surface area contributed by atoms with Gasteiger partial charge >= 0.3 is 5.69 Å². The van der Waals surface area contributed by atoms with Gasteiger partial charge in [0, 0.05) is 69.9 Å². The molecule has 9 aromatic carbocycles. The summed E-state index contributed by atoms with van der Waals surface area (Å²) in [6.45, 7) is 1.20. The topological polar surface area (TPSA) is 695 Å². The lowest BCUT2D eigenvalue weighted by atomic mass is 10.0. The van der Waals surface area contributed by atoms with Gasteiger partial charge in [0.25, 0.3) is 50.6 Å². The Morgan fingerprint density at radius 2 is 1.05 bits per heavy atom. The molecule has 0 aliphatic carbocycles. The summed E-state index contributed by atoms with van der Waals surface area (Å²) in [7, 11) is -26.8. The van der Waals surface area contributed by atoms with Crippen molar-refractivity contribution in [2.45, 2.75) is 49.1 Å². The fourth-order valence-corrected chi connectivity index (χ4v) is 14.0. The van der Waals surface area contributed by atoms with E-state index in [1.54, 1.807) is 0 Å². The quantitative estimate of drug-likeness (QED) is 0.00260. The number of aryl methyl sites for hydroxylation is 1. The van der Waals surface area contributed by atoms with Gasteiger partial charge in [-0.1, -0.05) is 15.1 Å².